The van der Waals surface area contributed by atoms with E-state index in [1.807, 2.05) is 0 Å². The molecule has 0 spiro atoms. The van der Waals surface area contributed by atoms with Crippen LogP contribution in [0.5, 0.6) is 0 Å². The van der Waals surface area contributed by atoms with Crippen molar-refractivity contribution in [3.8, 4) is 0 Å². The molecule has 0 amide bonds. The average Bonchev–Trinajstić information content (AvgIpc) is 2.20. The maximum Gasteiger partial charge on any atom is 3.00 e. The number of carbonyl (C=O) groups excluding carboxylic acids is 7. The molecule has 0 bridgehead atoms. The van der Waals surface area contributed by atoms with Gasteiger partial charge in [0.25, 0.3) is 0 Å². The van der Waals surface area contributed by atoms with E-state index in [9.17, 15) is 0 Å². The molecule has 184 valence electrons. The first-order chi connectivity index (χ1) is 12.1. The minimum absolute atomic E-state index is 0. The molecule has 31 heavy (non-hydrogen) atoms. The molecule has 14 nitrogen and oxygen atoms in total. The summed E-state index contributed by atoms with van der Waals surface area (Å²) in [6.45, 7) is 6.81. The van der Waals surface area contributed by atoms with Crippen molar-refractivity contribution in [2.45, 2.75) is 48.5 Å². The predicted octanol–water partition coefficient (Wildman–Crippen LogP) is -10.2. The molecule has 0 aliphatic heterocycles. The molecule has 0 saturated heterocycles. The average molecular weight is 686 g/mol. The Balaban J connectivity index is -0.0000000204. The molecule has 0 aromatic carbocycles. The molecule has 0 aliphatic carbocycles. The molecular formula is C14H25AuCaO14S. The minimum atomic E-state index is -1.08. The predicted molar refractivity (Wildman–Crippen MR) is 93.5 cm³/mol. The standard InChI is InChI=1S/7C2H4O2.Au.Ca.H4S/c7*1-2(3)4;;;/h7*1H3,(H,3,4);;;1H4/q;;;;;;;+3;2*+2/p-7. The monoisotopic (exact) mass is 686 g/mol. The zero-order valence-electron chi connectivity index (χ0n) is 17.9. The fourth-order valence-electron chi connectivity index (χ4n) is 0. The van der Waals surface area contributed by atoms with Gasteiger partial charge in [0.15, 0.2) is 0 Å². The third-order valence-electron chi connectivity index (χ3n) is 0. The Kier molecular flexibility index (Phi) is 115. The third kappa shape index (κ3) is 11000. The Bertz CT molecular complexity index is 326. The van der Waals surface area contributed by atoms with E-state index in [4.69, 9.17) is 69.3 Å². The van der Waals surface area contributed by atoms with Gasteiger partial charge in [0.1, 0.15) is 0 Å². The molecule has 0 unspecified atom stereocenters. The van der Waals surface area contributed by atoms with Gasteiger partial charge >= 0.3 is 60.1 Å². The van der Waals surface area contributed by atoms with E-state index in [1.54, 1.807) is 0 Å². The van der Waals surface area contributed by atoms with Crippen molar-refractivity contribution in [3.63, 3.8) is 0 Å². The fraction of sp³-hybridized carbons (Fsp3) is 0.500. The zero-order chi connectivity index (χ0) is 25.0. The first-order valence-electron chi connectivity index (χ1n) is 6.36. The number of rotatable bonds is 0. The van der Waals surface area contributed by atoms with Gasteiger partial charge in [0.2, 0.25) is 0 Å². The minimum Gasteiger partial charge on any atom is -0.550 e. The summed E-state index contributed by atoms with van der Waals surface area (Å²) in [5.41, 5.74) is 0. The first-order valence-corrected chi connectivity index (χ1v) is 6.36. The molecule has 0 radical (unpaired) electrons. The molecular weight excluding hydrogens is 661 g/mol. The number of carboxylic acid groups (broad SMARTS) is 7. The number of aliphatic carboxylic acids is 7. The van der Waals surface area contributed by atoms with Crippen LogP contribution >= 0.6 is 0 Å². The fourth-order valence-corrected chi connectivity index (χ4v) is 0. The second kappa shape index (κ2) is 56.7. The largest absolute Gasteiger partial charge is 3.00 e. The van der Waals surface area contributed by atoms with Gasteiger partial charge in [-0.25, -0.2) is 13.5 Å². The smallest absolute Gasteiger partial charge is 0.550 e. The third-order valence-corrected chi connectivity index (χ3v) is 0. The van der Waals surface area contributed by atoms with Crippen LogP contribution in [-0.2, 0) is 69.4 Å². The van der Waals surface area contributed by atoms with E-state index < -0.39 is 41.8 Å². The Morgan fingerprint density at radius 3 is 0.355 bits per heavy atom. The van der Waals surface area contributed by atoms with Crippen LogP contribution in [0.15, 0.2) is 0 Å². The second-order valence-corrected chi connectivity index (χ2v) is 3.44. The van der Waals surface area contributed by atoms with Crippen LogP contribution in [0.3, 0.4) is 0 Å². The van der Waals surface area contributed by atoms with Crippen LogP contribution < -0.4 is 35.7 Å². The van der Waals surface area contributed by atoms with E-state index in [-0.39, 0.29) is 73.6 Å². The van der Waals surface area contributed by atoms with Crippen LogP contribution in [0.1, 0.15) is 48.5 Å². The van der Waals surface area contributed by atoms with E-state index in [1.165, 1.54) is 0 Å². The van der Waals surface area contributed by atoms with Gasteiger partial charge in [-0.1, -0.05) is 0 Å². The molecule has 0 aliphatic rings. The Morgan fingerprint density at radius 2 is 0.355 bits per heavy atom. The Morgan fingerprint density at radius 1 is 0.355 bits per heavy atom. The van der Waals surface area contributed by atoms with Crippen molar-refractivity contribution in [2.24, 2.45) is 0 Å². The summed E-state index contributed by atoms with van der Waals surface area (Å²) in [6, 6.07) is 0. The quantitative estimate of drug-likeness (QED) is 0.214. The summed E-state index contributed by atoms with van der Waals surface area (Å²) in [6.07, 6.45) is 0. The van der Waals surface area contributed by atoms with Crippen molar-refractivity contribution in [2.75, 3.05) is 0 Å². The SMILES string of the molecule is CC(=O)[O-].CC(=O)[O-].CC(=O)[O-].CC(=O)[O-].CC(=O)[O-].CC(=O)[O-].CC(=O)[O-].[Au+3].[Ca+2].[SH4+2]. The maximum absolute atomic E-state index is 8.89. The van der Waals surface area contributed by atoms with Crippen LogP contribution in [0.25, 0.3) is 0 Å². The Labute approximate surface area is 231 Å². The molecule has 0 atom stereocenters. The van der Waals surface area contributed by atoms with E-state index in [0.29, 0.717) is 0 Å². The number of carbonyl (C=O) groups is 7. The summed E-state index contributed by atoms with van der Waals surface area (Å²) in [5.74, 6) is -7.58. The van der Waals surface area contributed by atoms with Gasteiger partial charge in [0, 0.05) is 41.8 Å². The molecule has 0 rings (SSSR count). The van der Waals surface area contributed by atoms with Crippen LogP contribution in [-0.4, -0.2) is 79.5 Å². The molecule has 0 saturated carbocycles. The Hall–Kier alpha value is -1.36. The molecule has 0 aromatic rings. The van der Waals surface area contributed by atoms with E-state index in [0.717, 1.165) is 48.5 Å². The first kappa shape index (κ1) is 63.0. The van der Waals surface area contributed by atoms with Crippen LogP contribution in [0.4, 0.5) is 0 Å². The van der Waals surface area contributed by atoms with E-state index >= 15 is 0 Å². The van der Waals surface area contributed by atoms with Gasteiger partial charge < -0.3 is 69.3 Å². The second-order valence-electron chi connectivity index (χ2n) is 3.44. The molecule has 17 heteroatoms. The van der Waals surface area contributed by atoms with Crippen LogP contribution in [0, 0.1) is 0 Å². The van der Waals surface area contributed by atoms with E-state index in [2.05, 4.69) is 0 Å². The van der Waals surface area contributed by atoms with Gasteiger partial charge in [-0.2, -0.15) is 0 Å². The van der Waals surface area contributed by atoms with Crippen molar-refractivity contribution >= 4 is 93.0 Å². The summed E-state index contributed by atoms with van der Waals surface area (Å²) < 4.78 is 0. The van der Waals surface area contributed by atoms with Gasteiger partial charge in [0.05, 0.1) is 0 Å². The van der Waals surface area contributed by atoms with Crippen molar-refractivity contribution in [3.05, 3.63) is 0 Å². The summed E-state index contributed by atoms with van der Waals surface area (Å²) >= 11 is 0. The number of hydrogen-bond acceptors (Lipinski definition) is 14. The van der Waals surface area contributed by atoms with Crippen molar-refractivity contribution in [1.29, 1.82) is 0 Å². The summed E-state index contributed by atoms with van der Waals surface area (Å²) in [7, 11) is 0. The normalized spacial score (nSPS) is 5.65. The summed E-state index contributed by atoms with van der Waals surface area (Å²) in [5, 5.41) is 62.2. The van der Waals surface area contributed by atoms with Crippen LogP contribution in [0.2, 0.25) is 0 Å². The molecule has 0 N–H and O–H groups in total. The number of carboxylic acids is 7. The topological polar surface area (TPSA) is 281 Å². The van der Waals surface area contributed by atoms with Crippen molar-refractivity contribution in [1.82, 2.24) is 0 Å². The van der Waals surface area contributed by atoms with Gasteiger partial charge in [-0.05, 0) is 48.5 Å². The number of hydrogen-bond donors (Lipinski definition) is 0. The zero-order valence-corrected chi connectivity index (χ0v) is 23.7. The molecule has 0 heterocycles. The van der Waals surface area contributed by atoms with Gasteiger partial charge in [-0.3, -0.25) is 0 Å². The van der Waals surface area contributed by atoms with Crippen molar-refractivity contribution < 1.29 is 91.7 Å². The summed E-state index contributed by atoms with van der Waals surface area (Å²) in [4.78, 5) is 62.2. The maximum atomic E-state index is 8.89. The molecule has 0 fully saturated rings. The molecule has 0 aromatic heterocycles. The van der Waals surface area contributed by atoms with Gasteiger partial charge in [-0.15, -0.1) is 0 Å².